The fourth-order valence-corrected chi connectivity index (χ4v) is 2.25. The van der Waals surface area contributed by atoms with Crippen LogP contribution in [0.4, 0.5) is 0 Å². The molecule has 3 rings (SSSR count). The second-order valence-corrected chi connectivity index (χ2v) is 4.80. The summed E-state index contributed by atoms with van der Waals surface area (Å²) in [5, 5.41) is 2.20. The zero-order chi connectivity index (χ0) is 15.4. The number of amides is 1. The fourth-order valence-electron chi connectivity index (χ4n) is 2.25. The Morgan fingerprint density at radius 3 is 2.50 bits per heavy atom. The Kier molecular flexibility index (Phi) is 3.83. The van der Waals surface area contributed by atoms with Gasteiger partial charge in [0.05, 0.1) is 5.70 Å². The lowest BCUT2D eigenvalue weighted by Crippen LogP contribution is -2.36. The van der Waals surface area contributed by atoms with Gasteiger partial charge < -0.3 is 0 Å². The molecule has 0 fully saturated rings. The van der Waals surface area contributed by atoms with Gasteiger partial charge in [-0.25, -0.2) is 0 Å². The van der Waals surface area contributed by atoms with Crippen LogP contribution in [-0.2, 0) is 0 Å². The number of hydrogen-bond donors (Lipinski definition) is 2. The molecule has 0 spiro atoms. The molecule has 2 aromatic carbocycles. The quantitative estimate of drug-likeness (QED) is 0.725. The molecule has 22 heavy (non-hydrogen) atoms. The molecule has 0 aliphatic carbocycles. The molecule has 108 valence electrons. The van der Waals surface area contributed by atoms with E-state index in [-0.39, 0.29) is 5.91 Å². The Hall–Kier alpha value is -3.14. The van der Waals surface area contributed by atoms with Crippen molar-refractivity contribution in [3.8, 4) is 0 Å². The average molecular weight is 289 g/mol. The number of pyridine rings is 1. The van der Waals surface area contributed by atoms with E-state index >= 15 is 0 Å². The first kappa shape index (κ1) is 13.8. The van der Waals surface area contributed by atoms with Crippen molar-refractivity contribution in [2.45, 2.75) is 0 Å². The third kappa shape index (κ3) is 2.81. The summed E-state index contributed by atoms with van der Waals surface area (Å²) in [6.07, 6.45) is 1.58. The number of carbonyl (C=O) groups is 1. The van der Waals surface area contributed by atoms with E-state index in [1.54, 1.807) is 24.4 Å². The van der Waals surface area contributed by atoms with Crippen LogP contribution in [0, 0.1) is 0 Å². The maximum absolute atomic E-state index is 12.0. The maximum atomic E-state index is 12.0. The fraction of sp³-hybridized carbons (Fsp3) is 0. The Labute approximate surface area is 128 Å². The van der Waals surface area contributed by atoms with Crippen LogP contribution < -0.4 is 10.9 Å². The predicted octanol–water partition coefficient (Wildman–Crippen LogP) is 3.14. The average Bonchev–Trinajstić information content (AvgIpc) is 2.59. The lowest BCUT2D eigenvalue weighted by molar-refractivity contribution is 0.0937. The van der Waals surface area contributed by atoms with E-state index in [0.717, 1.165) is 16.3 Å². The number of hydrazine groups is 1. The molecule has 1 aromatic heterocycles. The number of benzene rings is 2. The lowest BCUT2D eigenvalue weighted by Gasteiger charge is -2.13. The van der Waals surface area contributed by atoms with Gasteiger partial charge in [0.1, 0.15) is 5.69 Å². The smallest absolute Gasteiger partial charge is 0.288 e. The molecule has 0 radical (unpaired) electrons. The number of fused-ring (bicyclic) bond motifs is 1. The standard InChI is InChI=1S/C18H15N3O/c1-13(20-21-18(22)17-11-4-5-12-19-17)15-10-6-8-14-7-2-3-9-16(14)15/h2-12,20H,1H2,(H,21,22). The molecule has 4 heteroatoms. The van der Waals surface area contributed by atoms with Gasteiger partial charge in [-0.3, -0.25) is 20.6 Å². The topological polar surface area (TPSA) is 54.0 Å². The van der Waals surface area contributed by atoms with Gasteiger partial charge in [-0.05, 0) is 22.9 Å². The van der Waals surface area contributed by atoms with E-state index in [4.69, 9.17) is 0 Å². The van der Waals surface area contributed by atoms with E-state index in [2.05, 4.69) is 22.4 Å². The van der Waals surface area contributed by atoms with E-state index in [1.165, 1.54) is 0 Å². The summed E-state index contributed by atoms with van der Waals surface area (Å²) >= 11 is 0. The number of nitrogens with one attached hydrogen (secondary N) is 2. The molecular formula is C18H15N3O. The molecule has 0 atom stereocenters. The zero-order valence-electron chi connectivity index (χ0n) is 11.9. The Balaban J connectivity index is 1.76. The monoisotopic (exact) mass is 289 g/mol. The van der Waals surface area contributed by atoms with Crippen LogP contribution in [0.25, 0.3) is 16.5 Å². The van der Waals surface area contributed by atoms with Crippen LogP contribution in [0.2, 0.25) is 0 Å². The predicted molar refractivity (Wildman–Crippen MR) is 87.8 cm³/mol. The lowest BCUT2D eigenvalue weighted by atomic mass is 10.0. The highest BCUT2D eigenvalue weighted by Gasteiger charge is 2.08. The highest BCUT2D eigenvalue weighted by Crippen LogP contribution is 2.22. The highest BCUT2D eigenvalue weighted by atomic mass is 16.2. The van der Waals surface area contributed by atoms with Gasteiger partial charge in [-0.15, -0.1) is 0 Å². The highest BCUT2D eigenvalue weighted by molar-refractivity contribution is 5.95. The number of carbonyl (C=O) groups excluding carboxylic acids is 1. The zero-order valence-corrected chi connectivity index (χ0v) is 11.9. The minimum absolute atomic E-state index is 0.304. The summed E-state index contributed by atoms with van der Waals surface area (Å²) in [4.78, 5) is 16.0. The van der Waals surface area contributed by atoms with Gasteiger partial charge in [0.15, 0.2) is 0 Å². The molecule has 0 unspecified atom stereocenters. The molecule has 0 bridgehead atoms. The van der Waals surface area contributed by atoms with Crippen molar-refractivity contribution < 1.29 is 4.79 Å². The molecule has 3 aromatic rings. The van der Waals surface area contributed by atoms with Crippen molar-refractivity contribution in [1.82, 2.24) is 15.8 Å². The molecule has 0 saturated heterocycles. The van der Waals surface area contributed by atoms with Gasteiger partial charge in [0, 0.05) is 11.8 Å². The number of hydrogen-bond acceptors (Lipinski definition) is 3. The van der Waals surface area contributed by atoms with Crippen molar-refractivity contribution in [2.75, 3.05) is 0 Å². The van der Waals surface area contributed by atoms with Crippen molar-refractivity contribution in [3.05, 3.63) is 84.7 Å². The second kappa shape index (κ2) is 6.10. The SMILES string of the molecule is C=C(NNC(=O)c1ccccn1)c1cccc2ccccc12. The summed E-state index contributed by atoms with van der Waals surface area (Å²) < 4.78 is 0. The van der Waals surface area contributed by atoms with E-state index in [0.29, 0.717) is 11.4 Å². The molecule has 4 nitrogen and oxygen atoms in total. The van der Waals surface area contributed by atoms with Crippen LogP contribution in [0.5, 0.6) is 0 Å². The third-order valence-corrected chi connectivity index (χ3v) is 3.34. The largest absolute Gasteiger partial charge is 0.298 e. The number of rotatable bonds is 4. The van der Waals surface area contributed by atoms with Gasteiger partial charge in [-0.1, -0.05) is 55.1 Å². The maximum Gasteiger partial charge on any atom is 0.288 e. The molecule has 0 aliphatic rings. The van der Waals surface area contributed by atoms with Crippen molar-refractivity contribution in [3.63, 3.8) is 0 Å². The number of aromatic nitrogens is 1. The van der Waals surface area contributed by atoms with Gasteiger partial charge in [0.25, 0.3) is 5.91 Å². The summed E-state index contributed by atoms with van der Waals surface area (Å²) in [7, 11) is 0. The molecule has 0 saturated carbocycles. The summed E-state index contributed by atoms with van der Waals surface area (Å²) in [5.74, 6) is -0.304. The molecule has 1 heterocycles. The van der Waals surface area contributed by atoms with Crippen LogP contribution in [0.3, 0.4) is 0 Å². The Morgan fingerprint density at radius 1 is 0.909 bits per heavy atom. The summed E-state index contributed by atoms with van der Waals surface area (Å²) in [5.41, 5.74) is 7.38. The Morgan fingerprint density at radius 2 is 1.68 bits per heavy atom. The van der Waals surface area contributed by atoms with E-state index in [1.807, 2.05) is 42.5 Å². The van der Waals surface area contributed by atoms with E-state index < -0.39 is 0 Å². The van der Waals surface area contributed by atoms with Gasteiger partial charge >= 0.3 is 0 Å². The summed E-state index contributed by atoms with van der Waals surface area (Å²) in [6.45, 7) is 3.99. The molecular weight excluding hydrogens is 274 g/mol. The van der Waals surface area contributed by atoms with E-state index in [9.17, 15) is 4.79 Å². The normalized spacial score (nSPS) is 10.2. The molecule has 2 N–H and O–H groups in total. The van der Waals surface area contributed by atoms with Gasteiger partial charge in [0.2, 0.25) is 0 Å². The van der Waals surface area contributed by atoms with Crippen LogP contribution in [-0.4, -0.2) is 10.9 Å². The first-order chi connectivity index (χ1) is 10.8. The van der Waals surface area contributed by atoms with Gasteiger partial charge in [-0.2, -0.15) is 0 Å². The van der Waals surface area contributed by atoms with Crippen LogP contribution >= 0.6 is 0 Å². The van der Waals surface area contributed by atoms with Crippen molar-refractivity contribution in [1.29, 1.82) is 0 Å². The Bertz CT molecular complexity index is 823. The minimum atomic E-state index is -0.304. The minimum Gasteiger partial charge on any atom is -0.298 e. The van der Waals surface area contributed by atoms with Crippen molar-refractivity contribution in [2.24, 2.45) is 0 Å². The first-order valence-electron chi connectivity index (χ1n) is 6.90. The number of nitrogens with zero attached hydrogens (tertiary/aromatic N) is 1. The van der Waals surface area contributed by atoms with Crippen molar-refractivity contribution >= 4 is 22.4 Å². The van der Waals surface area contributed by atoms with Crippen LogP contribution in [0.1, 0.15) is 16.1 Å². The first-order valence-corrected chi connectivity index (χ1v) is 6.90. The molecule has 0 aliphatic heterocycles. The molecule has 1 amide bonds. The third-order valence-electron chi connectivity index (χ3n) is 3.34. The van der Waals surface area contributed by atoms with Crippen LogP contribution in [0.15, 0.2) is 73.4 Å². The summed E-state index contributed by atoms with van der Waals surface area (Å²) in [6, 6.07) is 19.2. The second-order valence-electron chi connectivity index (χ2n) is 4.80.